The molecule has 0 saturated heterocycles. The normalized spacial score (nSPS) is 10.6. The molecule has 1 amide bonds. The molecule has 0 spiro atoms. The maximum Gasteiger partial charge on any atom is 0.256 e. The summed E-state index contributed by atoms with van der Waals surface area (Å²) in [6.45, 7) is 2.80. The van der Waals surface area contributed by atoms with Crippen LogP contribution in [0.2, 0.25) is 4.34 Å². The molecule has 0 aliphatic heterocycles. The zero-order valence-electron chi connectivity index (χ0n) is 10.9. The number of benzene rings is 1. The fourth-order valence-corrected chi connectivity index (χ4v) is 2.95. The molecular weight excluding hydrogens is 299 g/mol. The topological polar surface area (TPSA) is 46.3 Å². The first kappa shape index (κ1) is 14.8. The first-order valence-electron chi connectivity index (χ1n) is 6.10. The molecule has 0 fully saturated rings. The van der Waals surface area contributed by atoms with E-state index in [1.54, 1.807) is 11.0 Å². The second-order valence-electron chi connectivity index (χ2n) is 4.23. The minimum atomic E-state index is -0.578. The summed E-state index contributed by atoms with van der Waals surface area (Å²) in [5.74, 6) is -0.861. The van der Waals surface area contributed by atoms with E-state index in [-0.39, 0.29) is 17.2 Å². The van der Waals surface area contributed by atoms with Gasteiger partial charge in [0.25, 0.3) is 5.91 Å². The maximum absolute atomic E-state index is 13.4. The molecule has 1 aromatic heterocycles. The maximum atomic E-state index is 13.4. The van der Waals surface area contributed by atoms with Crippen LogP contribution in [0.5, 0.6) is 0 Å². The SMILES string of the molecule is CCN(Cc1ccc(Cl)s1)C(=O)c1cccc(F)c1N. The molecule has 2 N–H and O–H groups in total. The highest BCUT2D eigenvalue weighted by atomic mass is 35.5. The Bertz CT molecular complexity index is 629. The monoisotopic (exact) mass is 312 g/mol. The first-order chi connectivity index (χ1) is 9.52. The molecule has 1 aromatic carbocycles. The van der Waals surface area contributed by atoms with Crippen molar-refractivity contribution in [2.24, 2.45) is 0 Å². The van der Waals surface area contributed by atoms with E-state index < -0.39 is 5.82 Å². The van der Waals surface area contributed by atoms with Gasteiger partial charge in [-0.2, -0.15) is 0 Å². The summed E-state index contributed by atoms with van der Waals surface area (Å²) >= 11 is 7.29. The van der Waals surface area contributed by atoms with Crippen LogP contribution < -0.4 is 5.73 Å². The van der Waals surface area contributed by atoms with Gasteiger partial charge in [-0.15, -0.1) is 11.3 Å². The minimum Gasteiger partial charge on any atom is -0.396 e. The quantitative estimate of drug-likeness (QED) is 0.873. The van der Waals surface area contributed by atoms with Crippen LogP contribution in [0.4, 0.5) is 10.1 Å². The van der Waals surface area contributed by atoms with E-state index in [1.165, 1.54) is 29.5 Å². The Morgan fingerprint density at radius 2 is 2.15 bits per heavy atom. The van der Waals surface area contributed by atoms with E-state index in [0.717, 1.165) is 4.88 Å². The minimum absolute atomic E-state index is 0.111. The third kappa shape index (κ3) is 3.11. The summed E-state index contributed by atoms with van der Waals surface area (Å²) in [5, 5.41) is 0. The average Bonchev–Trinajstić information content (AvgIpc) is 2.84. The van der Waals surface area contributed by atoms with Gasteiger partial charge in [-0.25, -0.2) is 4.39 Å². The van der Waals surface area contributed by atoms with Gasteiger partial charge in [0.05, 0.1) is 22.1 Å². The van der Waals surface area contributed by atoms with Crippen molar-refractivity contribution in [3.63, 3.8) is 0 Å². The fourth-order valence-electron chi connectivity index (χ4n) is 1.85. The predicted octanol–water partition coefficient (Wildman–Crippen LogP) is 3.79. The van der Waals surface area contributed by atoms with Gasteiger partial charge in [-0.1, -0.05) is 17.7 Å². The number of rotatable bonds is 4. The third-order valence-electron chi connectivity index (χ3n) is 2.93. The van der Waals surface area contributed by atoms with E-state index >= 15 is 0 Å². The van der Waals surface area contributed by atoms with Crippen LogP contribution in [-0.2, 0) is 6.54 Å². The lowest BCUT2D eigenvalue weighted by Crippen LogP contribution is -2.30. The Morgan fingerprint density at radius 1 is 1.40 bits per heavy atom. The van der Waals surface area contributed by atoms with Crippen LogP contribution in [0.1, 0.15) is 22.2 Å². The molecule has 6 heteroatoms. The molecule has 0 atom stereocenters. The van der Waals surface area contributed by atoms with Crippen LogP contribution in [0.25, 0.3) is 0 Å². The molecule has 0 saturated carbocycles. The molecular formula is C14H14ClFN2OS. The van der Waals surface area contributed by atoms with Gasteiger partial charge in [0.2, 0.25) is 0 Å². The number of nitrogens with zero attached hydrogens (tertiary/aromatic N) is 1. The lowest BCUT2D eigenvalue weighted by molar-refractivity contribution is 0.0755. The molecule has 0 radical (unpaired) electrons. The number of carbonyl (C=O) groups is 1. The van der Waals surface area contributed by atoms with E-state index in [2.05, 4.69) is 0 Å². The zero-order chi connectivity index (χ0) is 14.7. The summed E-state index contributed by atoms with van der Waals surface area (Å²) in [6, 6.07) is 7.91. The van der Waals surface area contributed by atoms with Crippen LogP contribution in [0.3, 0.4) is 0 Å². The van der Waals surface area contributed by atoms with Crippen molar-refractivity contribution in [2.45, 2.75) is 13.5 Å². The Hall–Kier alpha value is -1.59. The highest BCUT2D eigenvalue weighted by Crippen LogP contribution is 2.24. The smallest absolute Gasteiger partial charge is 0.256 e. The number of halogens is 2. The molecule has 1 heterocycles. The fraction of sp³-hybridized carbons (Fsp3) is 0.214. The summed E-state index contributed by atoms with van der Waals surface area (Å²) in [6.07, 6.45) is 0. The Labute approximate surface area is 125 Å². The number of hydrogen-bond donors (Lipinski definition) is 1. The average molecular weight is 313 g/mol. The standard InChI is InChI=1S/C14H14ClFN2OS/c1-2-18(8-9-6-7-12(15)20-9)14(19)10-4-3-5-11(16)13(10)17/h3-7H,2,8,17H2,1H3. The van der Waals surface area contributed by atoms with Crippen molar-refractivity contribution in [3.8, 4) is 0 Å². The summed E-state index contributed by atoms with van der Waals surface area (Å²) in [5.41, 5.74) is 5.71. The number of para-hydroxylation sites is 1. The molecule has 106 valence electrons. The van der Waals surface area contributed by atoms with Crippen LogP contribution in [-0.4, -0.2) is 17.4 Å². The van der Waals surface area contributed by atoms with Gasteiger partial charge in [0.15, 0.2) is 0 Å². The molecule has 3 nitrogen and oxygen atoms in total. The van der Waals surface area contributed by atoms with Crippen LogP contribution >= 0.6 is 22.9 Å². The van der Waals surface area contributed by atoms with E-state index in [1.807, 2.05) is 13.0 Å². The number of anilines is 1. The molecule has 0 aliphatic carbocycles. The van der Waals surface area contributed by atoms with Crippen LogP contribution in [0.15, 0.2) is 30.3 Å². The Morgan fingerprint density at radius 3 is 2.75 bits per heavy atom. The molecule has 2 aromatic rings. The van der Waals surface area contributed by atoms with E-state index in [4.69, 9.17) is 17.3 Å². The molecule has 2 rings (SSSR count). The molecule has 0 bridgehead atoms. The van der Waals surface area contributed by atoms with Gasteiger partial charge >= 0.3 is 0 Å². The Balaban J connectivity index is 2.23. The van der Waals surface area contributed by atoms with Crippen molar-refractivity contribution in [3.05, 3.63) is 50.9 Å². The first-order valence-corrected chi connectivity index (χ1v) is 7.29. The predicted molar refractivity (Wildman–Crippen MR) is 80.6 cm³/mol. The van der Waals surface area contributed by atoms with Crippen molar-refractivity contribution in [1.29, 1.82) is 0 Å². The van der Waals surface area contributed by atoms with Gasteiger partial charge in [-0.05, 0) is 31.2 Å². The van der Waals surface area contributed by atoms with Gasteiger partial charge < -0.3 is 10.6 Å². The second kappa shape index (κ2) is 6.24. The zero-order valence-corrected chi connectivity index (χ0v) is 12.5. The van der Waals surface area contributed by atoms with Crippen molar-refractivity contribution < 1.29 is 9.18 Å². The number of amides is 1. The van der Waals surface area contributed by atoms with E-state index in [0.29, 0.717) is 17.4 Å². The number of carbonyl (C=O) groups excluding carboxylic acids is 1. The molecule has 0 unspecified atom stereocenters. The van der Waals surface area contributed by atoms with Crippen molar-refractivity contribution in [1.82, 2.24) is 4.90 Å². The number of nitrogen functional groups attached to an aromatic ring is 1. The lowest BCUT2D eigenvalue weighted by Gasteiger charge is -2.21. The van der Waals surface area contributed by atoms with Crippen LogP contribution in [0, 0.1) is 5.82 Å². The summed E-state index contributed by atoms with van der Waals surface area (Å²) in [4.78, 5) is 15.0. The van der Waals surface area contributed by atoms with Crippen molar-refractivity contribution >= 4 is 34.5 Å². The number of nitrogens with two attached hydrogens (primary N) is 1. The van der Waals surface area contributed by atoms with E-state index in [9.17, 15) is 9.18 Å². The van der Waals surface area contributed by atoms with Gasteiger partial charge in [0.1, 0.15) is 5.82 Å². The van der Waals surface area contributed by atoms with Crippen molar-refractivity contribution in [2.75, 3.05) is 12.3 Å². The third-order valence-corrected chi connectivity index (χ3v) is 4.14. The lowest BCUT2D eigenvalue weighted by atomic mass is 10.1. The number of hydrogen-bond acceptors (Lipinski definition) is 3. The second-order valence-corrected chi connectivity index (χ2v) is 6.03. The summed E-state index contributed by atoms with van der Waals surface area (Å²) in [7, 11) is 0. The van der Waals surface area contributed by atoms with Gasteiger partial charge in [-0.3, -0.25) is 4.79 Å². The molecule has 0 aliphatic rings. The number of thiophene rings is 1. The highest BCUT2D eigenvalue weighted by molar-refractivity contribution is 7.16. The molecule has 20 heavy (non-hydrogen) atoms. The van der Waals surface area contributed by atoms with Gasteiger partial charge in [0, 0.05) is 11.4 Å². The highest BCUT2D eigenvalue weighted by Gasteiger charge is 2.19. The largest absolute Gasteiger partial charge is 0.396 e. The summed E-state index contributed by atoms with van der Waals surface area (Å²) < 4.78 is 14.1. The Kier molecular flexibility index (Phi) is 4.62.